The van der Waals surface area contributed by atoms with Gasteiger partial charge >= 0.3 is 0 Å². The lowest BCUT2D eigenvalue weighted by molar-refractivity contribution is -0.132. The molecule has 0 aromatic heterocycles. The van der Waals surface area contributed by atoms with Crippen LogP contribution in [-0.2, 0) is 9.59 Å². The van der Waals surface area contributed by atoms with Crippen molar-refractivity contribution >= 4 is 23.1 Å². The summed E-state index contributed by atoms with van der Waals surface area (Å²) in [6.45, 7) is 3.79. The number of amides is 1. The number of nitrogens with zero attached hydrogens (tertiary/aromatic N) is 1. The van der Waals surface area contributed by atoms with Crippen LogP contribution in [0.4, 0.5) is 5.69 Å². The van der Waals surface area contributed by atoms with Gasteiger partial charge in [-0.2, -0.15) is 0 Å². The molecule has 0 radical (unpaired) electrons. The summed E-state index contributed by atoms with van der Waals surface area (Å²) in [6.07, 6.45) is 0. The fraction of sp³-hybridized carbons (Fsp3) is 0.154. The van der Waals surface area contributed by atoms with Crippen molar-refractivity contribution in [3.63, 3.8) is 0 Å². The zero-order valence-corrected chi connectivity index (χ0v) is 17.6. The van der Waals surface area contributed by atoms with Crippen molar-refractivity contribution in [2.45, 2.75) is 19.9 Å². The number of aliphatic hydroxyl groups is 1. The monoisotopic (exact) mass is 413 g/mol. The van der Waals surface area contributed by atoms with E-state index in [9.17, 15) is 14.7 Å². The molecule has 3 aromatic rings. The number of ketones is 1. The van der Waals surface area contributed by atoms with Crippen LogP contribution in [0.5, 0.6) is 5.75 Å². The first-order valence-electron chi connectivity index (χ1n) is 10.0. The number of Topliss-reactive ketones (excluding diaryl/α,β-unsaturated/α-hetero) is 1. The minimum absolute atomic E-state index is 0.0766. The Hall–Kier alpha value is -3.86. The summed E-state index contributed by atoms with van der Waals surface area (Å²) in [5, 5.41) is 11.2. The van der Waals surface area contributed by atoms with Gasteiger partial charge in [-0.1, -0.05) is 42.5 Å². The second-order valence-electron chi connectivity index (χ2n) is 7.55. The predicted octanol–water partition coefficient (Wildman–Crippen LogP) is 4.94. The Balaban J connectivity index is 1.96. The average Bonchev–Trinajstić information content (AvgIpc) is 3.04. The number of ether oxygens (including phenoxy) is 1. The van der Waals surface area contributed by atoms with Crippen molar-refractivity contribution in [1.29, 1.82) is 0 Å². The fourth-order valence-electron chi connectivity index (χ4n) is 4.06. The largest absolute Gasteiger partial charge is 0.507 e. The molecule has 1 aliphatic heterocycles. The number of hydrogen-bond acceptors (Lipinski definition) is 4. The highest BCUT2D eigenvalue weighted by atomic mass is 16.5. The lowest BCUT2D eigenvalue weighted by atomic mass is 9.92. The van der Waals surface area contributed by atoms with E-state index in [4.69, 9.17) is 4.74 Å². The zero-order chi connectivity index (χ0) is 22.1. The summed E-state index contributed by atoms with van der Waals surface area (Å²) in [5.41, 5.74) is 3.67. The first kappa shape index (κ1) is 20.4. The van der Waals surface area contributed by atoms with E-state index in [0.717, 1.165) is 16.7 Å². The van der Waals surface area contributed by atoms with Gasteiger partial charge in [-0.25, -0.2) is 0 Å². The number of methoxy groups -OCH3 is 1. The highest BCUT2D eigenvalue weighted by Gasteiger charge is 2.47. The molecule has 1 atom stereocenters. The van der Waals surface area contributed by atoms with E-state index < -0.39 is 17.7 Å². The minimum atomic E-state index is -0.731. The molecular weight excluding hydrogens is 390 g/mol. The van der Waals surface area contributed by atoms with Crippen molar-refractivity contribution in [2.24, 2.45) is 0 Å². The number of hydrogen-bond donors (Lipinski definition) is 1. The molecule has 1 unspecified atom stereocenters. The van der Waals surface area contributed by atoms with Gasteiger partial charge in [0.1, 0.15) is 11.5 Å². The molecule has 0 aliphatic carbocycles. The number of aliphatic hydroxyl groups excluding tert-OH is 1. The molecule has 1 saturated heterocycles. The normalized spacial score (nSPS) is 17.8. The van der Waals surface area contributed by atoms with Gasteiger partial charge in [0, 0.05) is 11.3 Å². The Morgan fingerprint density at radius 1 is 0.903 bits per heavy atom. The van der Waals surface area contributed by atoms with Crippen LogP contribution in [0.1, 0.15) is 28.3 Å². The third-order valence-corrected chi connectivity index (χ3v) is 5.63. The maximum atomic E-state index is 13.2. The van der Waals surface area contributed by atoms with E-state index in [2.05, 4.69) is 0 Å². The molecule has 1 N–H and O–H groups in total. The molecular formula is C26H23NO4. The summed E-state index contributed by atoms with van der Waals surface area (Å²) in [6, 6.07) is 21.1. The van der Waals surface area contributed by atoms with Crippen molar-refractivity contribution in [3.8, 4) is 5.75 Å². The Morgan fingerprint density at radius 2 is 1.58 bits per heavy atom. The summed E-state index contributed by atoms with van der Waals surface area (Å²) >= 11 is 0. The van der Waals surface area contributed by atoms with Gasteiger partial charge in [0.2, 0.25) is 0 Å². The minimum Gasteiger partial charge on any atom is -0.507 e. The molecule has 156 valence electrons. The molecule has 5 heteroatoms. The third-order valence-electron chi connectivity index (χ3n) is 5.63. The van der Waals surface area contributed by atoms with E-state index in [1.807, 2.05) is 56.3 Å². The number of benzene rings is 3. The van der Waals surface area contributed by atoms with E-state index in [1.54, 1.807) is 37.4 Å². The number of aryl methyl sites for hydroxylation is 2. The van der Waals surface area contributed by atoms with E-state index in [0.29, 0.717) is 17.0 Å². The lowest BCUT2D eigenvalue weighted by Gasteiger charge is -2.26. The van der Waals surface area contributed by atoms with Gasteiger partial charge in [0.05, 0.1) is 18.7 Å². The van der Waals surface area contributed by atoms with Gasteiger partial charge in [-0.05, 0) is 60.9 Å². The van der Waals surface area contributed by atoms with Gasteiger partial charge in [-0.3, -0.25) is 14.5 Å². The van der Waals surface area contributed by atoms with Gasteiger partial charge < -0.3 is 9.84 Å². The highest BCUT2D eigenvalue weighted by molar-refractivity contribution is 6.51. The summed E-state index contributed by atoms with van der Waals surface area (Å²) < 4.78 is 5.30. The SMILES string of the molecule is COc1ccc(/C(O)=C2\C(=O)C(=O)N(c3ccccc3)C2c2ccccc2C)cc1C. The molecule has 1 fully saturated rings. The molecule has 31 heavy (non-hydrogen) atoms. The maximum Gasteiger partial charge on any atom is 0.300 e. The Kier molecular flexibility index (Phi) is 5.34. The topological polar surface area (TPSA) is 66.8 Å². The standard InChI is InChI=1S/C26H23NO4/c1-16-9-7-8-12-20(16)23-22(24(28)18-13-14-21(31-3)17(2)15-18)25(29)26(30)27(23)19-10-5-4-6-11-19/h4-15,23,28H,1-3H3/b24-22+. The maximum absolute atomic E-state index is 13.2. The number of para-hydroxylation sites is 1. The first-order chi connectivity index (χ1) is 14.9. The summed E-state index contributed by atoms with van der Waals surface area (Å²) in [7, 11) is 1.57. The van der Waals surface area contributed by atoms with E-state index in [1.165, 1.54) is 4.90 Å². The van der Waals surface area contributed by atoms with Gasteiger partial charge in [-0.15, -0.1) is 0 Å². The van der Waals surface area contributed by atoms with Crippen molar-refractivity contribution in [2.75, 3.05) is 12.0 Å². The van der Waals surface area contributed by atoms with Crippen molar-refractivity contribution < 1.29 is 19.4 Å². The van der Waals surface area contributed by atoms with Crippen LogP contribution < -0.4 is 9.64 Å². The third kappa shape index (κ3) is 3.48. The number of carbonyl (C=O) groups excluding carboxylic acids is 2. The van der Waals surface area contributed by atoms with Crippen molar-refractivity contribution in [1.82, 2.24) is 0 Å². The summed E-state index contributed by atoms with van der Waals surface area (Å²) in [5.74, 6) is -0.887. The molecule has 4 rings (SSSR count). The van der Waals surface area contributed by atoms with Crippen LogP contribution in [0, 0.1) is 13.8 Å². The lowest BCUT2D eigenvalue weighted by Crippen LogP contribution is -2.29. The predicted molar refractivity (Wildman–Crippen MR) is 120 cm³/mol. The molecule has 3 aromatic carbocycles. The van der Waals surface area contributed by atoms with Gasteiger partial charge in [0.25, 0.3) is 11.7 Å². The van der Waals surface area contributed by atoms with Gasteiger partial charge in [0.15, 0.2) is 0 Å². The van der Waals surface area contributed by atoms with Crippen LogP contribution in [0.2, 0.25) is 0 Å². The zero-order valence-electron chi connectivity index (χ0n) is 17.6. The molecule has 1 heterocycles. The fourth-order valence-corrected chi connectivity index (χ4v) is 4.06. The quantitative estimate of drug-likeness (QED) is 0.374. The number of rotatable bonds is 4. The van der Waals surface area contributed by atoms with E-state index in [-0.39, 0.29) is 11.3 Å². The Labute approximate surface area is 181 Å². The van der Waals surface area contributed by atoms with Crippen LogP contribution in [0.25, 0.3) is 5.76 Å². The van der Waals surface area contributed by atoms with Crippen molar-refractivity contribution in [3.05, 3.63) is 101 Å². The smallest absolute Gasteiger partial charge is 0.300 e. The second kappa shape index (κ2) is 8.11. The number of anilines is 1. The highest BCUT2D eigenvalue weighted by Crippen LogP contribution is 2.43. The average molecular weight is 413 g/mol. The van der Waals surface area contributed by atoms with Crippen LogP contribution in [0.3, 0.4) is 0 Å². The van der Waals surface area contributed by atoms with E-state index >= 15 is 0 Å². The molecule has 0 bridgehead atoms. The molecule has 1 amide bonds. The van der Waals surface area contributed by atoms with Crippen LogP contribution >= 0.6 is 0 Å². The molecule has 5 nitrogen and oxygen atoms in total. The molecule has 1 aliphatic rings. The first-order valence-corrected chi connectivity index (χ1v) is 10.0. The van der Waals surface area contributed by atoms with Crippen LogP contribution in [0.15, 0.2) is 78.4 Å². The summed E-state index contributed by atoms with van der Waals surface area (Å²) in [4.78, 5) is 27.8. The second-order valence-corrected chi connectivity index (χ2v) is 7.55. The van der Waals surface area contributed by atoms with Crippen LogP contribution in [-0.4, -0.2) is 23.9 Å². The Bertz CT molecular complexity index is 1200. The molecule has 0 spiro atoms. The molecule has 0 saturated carbocycles. The number of carbonyl (C=O) groups is 2. The Morgan fingerprint density at radius 3 is 2.23 bits per heavy atom.